The average Bonchev–Trinajstić information content (AvgIpc) is 2.40. The van der Waals surface area contributed by atoms with E-state index in [-0.39, 0.29) is 0 Å². The molecule has 0 N–H and O–H groups in total. The molecular formula is C14H15BN3+. The van der Waals surface area contributed by atoms with Crippen LogP contribution in [0, 0.1) is 0 Å². The third kappa shape index (κ3) is 1.70. The Morgan fingerprint density at radius 1 is 1.28 bits per heavy atom. The van der Waals surface area contributed by atoms with Crippen LogP contribution in [0.25, 0.3) is 6.08 Å². The molecular weight excluding hydrogens is 221 g/mol. The van der Waals surface area contributed by atoms with Crippen LogP contribution in [-0.2, 0) is 7.05 Å². The van der Waals surface area contributed by atoms with Crippen molar-refractivity contribution in [1.29, 1.82) is 0 Å². The minimum atomic E-state index is 0.341. The molecule has 88 valence electrons. The van der Waals surface area contributed by atoms with Gasteiger partial charge < -0.3 is 0 Å². The van der Waals surface area contributed by atoms with Gasteiger partial charge in [0.15, 0.2) is 0 Å². The minimum absolute atomic E-state index is 0.341. The number of anilines is 2. The van der Waals surface area contributed by atoms with Crippen LogP contribution in [0.1, 0.15) is 5.56 Å². The predicted octanol–water partition coefficient (Wildman–Crippen LogP) is 2.23. The lowest BCUT2D eigenvalue weighted by Crippen LogP contribution is -2.43. The van der Waals surface area contributed by atoms with Crippen molar-refractivity contribution < 1.29 is 4.57 Å². The molecule has 1 aliphatic rings. The van der Waals surface area contributed by atoms with Crippen molar-refractivity contribution in [3.05, 3.63) is 54.4 Å². The summed E-state index contributed by atoms with van der Waals surface area (Å²) < 4.78 is 2.14. The molecule has 3 nitrogen and oxygen atoms in total. The van der Waals surface area contributed by atoms with Crippen molar-refractivity contribution in [3.63, 3.8) is 0 Å². The van der Waals surface area contributed by atoms with E-state index in [4.69, 9.17) is 0 Å². The standard InChI is InChI=1S/C14H15BN3/c1-15-8-6-12-11-16-9-7-13(12)18(15)14-5-3-4-10-17(14)2/h3-11H,1-2H3/q+1. The molecule has 0 saturated carbocycles. The monoisotopic (exact) mass is 236 g/mol. The number of rotatable bonds is 1. The zero-order valence-corrected chi connectivity index (χ0v) is 10.6. The minimum Gasteiger partial charge on any atom is -0.287 e. The van der Waals surface area contributed by atoms with Crippen molar-refractivity contribution in [3.8, 4) is 0 Å². The van der Waals surface area contributed by atoms with E-state index in [9.17, 15) is 0 Å². The van der Waals surface area contributed by atoms with Crippen molar-refractivity contribution in [2.75, 3.05) is 4.81 Å². The Kier molecular flexibility index (Phi) is 2.63. The highest BCUT2D eigenvalue weighted by Gasteiger charge is 2.32. The smallest absolute Gasteiger partial charge is 0.287 e. The molecule has 0 saturated heterocycles. The van der Waals surface area contributed by atoms with Crippen LogP contribution in [0.2, 0.25) is 6.82 Å². The van der Waals surface area contributed by atoms with E-state index in [0.29, 0.717) is 6.85 Å². The lowest BCUT2D eigenvalue weighted by atomic mass is 9.60. The van der Waals surface area contributed by atoms with Crippen LogP contribution in [0.4, 0.5) is 11.5 Å². The maximum Gasteiger partial charge on any atom is 0.402 e. The van der Waals surface area contributed by atoms with E-state index >= 15 is 0 Å². The fourth-order valence-corrected chi connectivity index (χ4v) is 2.39. The summed E-state index contributed by atoms with van der Waals surface area (Å²) in [7, 11) is 2.07. The summed E-state index contributed by atoms with van der Waals surface area (Å²) in [4.78, 5) is 6.52. The summed E-state index contributed by atoms with van der Waals surface area (Å²) in [5, 5.41) is 0. The zero-order valence-electron chi connectivity index (χ0n) is 10.6. The Hall–Kier alpha value is -2.10. The Labute approximate surface area is 108 Å². The molecule has 0 amide bonds. The first kappa shape index (κ1) is 11.0. The maximum atomic E-state index is 4.19. The highest BCUT2D eigenvalue weighted by Crippen LogP contribution is 2.31. The Morgan fingerprint density at radius 2 is 2.17 bits per heavy atom. The van der Waals surface area contributed by atoms with Crippen molar-refractivity contribution in [2.45, 2.75) is 6.82 Å². The summed E-state index contributed by atoms with van der Waals surface area (Å²) in [6, 6.07) is 8.32. The summed E-state index contributed by atoms with van der Waals surface area (Å²) in [5.41, 5.74) is 2.38. The van der Waals surface area contributed by atoms with Gasteiger partial charge in [0.05, 0.1) is 13.2 Å². The van der Waals surface area contributed by atoms with Gasteiger partial charge in [0, 0.05) is 30.1 Å². The van der Waals surface area contributed by atoms with Crippen LogP contribution in [-0.4, -0.2) is 11.8 Å². The number of fused-ring (bicyclic) bond motifs is 1. The summed E-state index contributed by atoms with van der Waals surface area (Å²) in [5.74, 6) is 3.39. The average molecular weight is 236 g/mol. The highest BCUT2D eigenvalue weighted by molar-refractivity contribution is 6.69. The molecule has 4 heteroatoms. The van der Waals surface area contributed by atoms with Gasteiger partial charge in [0.25, 0.3) is 5.82 Å². The molecule has 0 aliphatic carbocycles. The van der Waals surface area contributed by atoms with E-state index < -0.39 is 0 Å². The Morgan fingerprint density at radius 3 is 3.00 bits per heavy atom. The number of aryl methyl sites for hydroxylation is 1. The predicted molar refractivity (Wildman–Crippen MR) is 74.6 cm³/mol. The zero-order chi connectivity index (χ0) is 12.5. The van der Waals surface area contributed by atoms with Gasteiger partial charge in [0.1, 0.15) is 5.69 Å². The summed E-state index contributed by atoms with van der Waals surface area (Å²) in [6.07, 6.45) is 7.97. The van der Waals surface area contributed by atoms with Gasteiger partial charge in [-0.3, -0.25) is 9.79 Å². The first-order valence-electron chi connectivity index (χ1n) is 6.13. The molecule has 2 aromatic rings. The topological polar surface area (TPSA) is 20.0 Å². The quantitative estimate of drug-likeness (QED) is 0.559. The van der Waals surface area contributed by atoms with Gasteiger partial charge >= 0.3 is 6.85 Å². The van der Waals surface area contributed by atoms with Crippen molar-refractivity contribution >= 4 is 24.4 Å². The van der Waals surface area contributed by atoms with Gasteiger partial charge in [-0.1, -0.05) is 18.1 Å². The molecule has 3 rings (SSSR count). The second-order valence-corrected chi connectivity index (χ2v) is 4.57. The molecule has 0 aromatic carbocycles. The van der Waals surface area contributed by atoms with E-state index in [1.165, 1.54) is 17.1 Å². The van der Waals surface area contributed by atoms with Gasteiger partial charge in [-0.25, -0.2) is 4.57 Å². The number of nitrogens with zero attached hydrogens (tertiary/aromatic N) is 3. The van der Waals surface area contributed by atoms with E-state index in [1.54, 1.807) is 0 Å². The van der Waals surface area contributed by atoms with Crippen LogP contribution < -0.4 is 9.38 Å². The molecule has 0 atom stereocenters. The third-order valence-corrected chi connectivity index (χ3v) is 3.32. The lowest BCUT2D eigenvalue weighted by Gasteiger charge is -2.25. The van der Waals surface area contributed by atoms with Gasteiger partial charge in [-0.15, -0.1) is 0 Å². The van der Waals surface area contributed by atoms with Crippen molar-refractivity contribution in [2.24, 2.45) is 7.05 Å². The summed E-state index contributed by atoms with van der Waals surface area (Å²) >= 11 is 0. The van der Waals surface area contributed by atoms with E-state index in [1.807, 2.05) is 18.5 Å². The number of hydrogen-bond acceptors (Lipinski definition) is 2. The number of aromatic nitrogens is 2. The largest absolute Gasteiger partial charge is 0.402 e. The fourth-order valence-electron chi connectivity index (χ4n) is 2.39. The molecule has 3 heterocycles. The molecule has 0 fully saturated rings. The van der Waals surface area contributed by atoms with E-state index in [0.717, 1.165) is 0 Å². The number of pyridine rings is 2. The van der Waals surface area contributed by atoms with Crippen LogP contribution in [0.5, 0.6) is 0 Å². The summed E-state index contributed by atoms with van der Waals surface area (Å²) in [6.45, 7) is 2.54. The molecule has 18 heavy (non-hydrogen) atoms. The second-order valence-electron chi connectivity index (χ2n) is 4.57. The SMILES string of the molecule is CB1C=Cc2cnccc2N1c1cccc[n+]1C. The van der Waals surface area contributed by atoms with Crippen LogP contribution in [0.15, 0.2) is 48.8 Å². The molecule has 0 unspecified atom stereocenters. The van der Waals surface area contributed by atoms with Crippen LogP contribution in [0.3, 0.4) is 0 Å². The second kappa shape index (κ2) is 4.29. The maximum absolute atomic E-state index is 4.19. The van der Waals surface area contributed by atoms with Gasteiger partial charge in [0.2, 0.25) is 0 Å². The lowest BCUT2D eigenvalue weighted by molar-refractivity contribution is -0.658. The van der Waals surface area contributed by atoms with E-state index in [2.05, 4.69) is 64.7 Å². The first-order chi connectivity index (χ1) is 8.77. The highest BCUT2D eigenvalue weighted by atomic mass is 15.2. The molecule has 2 aromatic heterocycles. The van der Waals surface area contributed by atoms with Crippen molar-refractivity contribution in [1.82, 2.24) is 4.98 Å². The van der Waals surface area contributed by atoms with Gasteiger partial charge in [-0.05, 0) is 12.9 Å². The Balaban J connectivity index is 2.17. The molecule has 0 spiro atoms. The fraction of sp³-hybridized carbons (Fsp3) is 0.143. The third-order valence-electron chi connectivity index (χ3n) is 3.32. The molecule has 0 bridgehead atoms. The molecule has 1 aliphatic heterocycles. The number of hydrogen-bond donors (Lipinski definition) is 0. The molecule has 0 radical (unpaired) electrons. The Bertz CT molecular complexity index is 609. The van der Waals surface area contributed by atoms with Gasteiger partial charge in [-0.2, -0.15) is 0 Å². The van der Waals surface area contributed by atoms with Crippen LogP contribution >= 0.6 is 0 Å². The first-order valence-corrected chi connectivity index (χ1v) is 6.13. The normalized spacial score (nSPS) is 13.7.